The van der Waals surface area contributed by atoms with Crippen LogP contribution in [0.1, 0.15) is 41.1 Å². The number of ether oxygens (including phenoxy) is 1. The van der Waals surface area contributed by atoms with Crippen molar-refractivity contribution in [1.29, 1.82) is 0 Å². The van der Waals surface area contributed by atoms with Gasteiger partial charge in [0.2, 0.25) is 0 Å². The molecule has 4 rings (SSSR count). The Bertz CT molecular complexity index is 1000. The van der Waals surface area contributed by atoms with Gasteiger partial charge in [-0.15, -0.1) is 12.4 Å². The monoisotopic (exact) mass is 428 g/mol. The molecule has 6 nitrogen and oxygen atoms in total. The van der Waals surface area contributed by atoms with E-state index in [4.69, 9.17) is 15.6 Å². The van der Waals surface area contributed by atoms with Crippen molar-refractivity contribution in [1.82, 2.24) is 0 Å². The van der Waals surface area contributed by atoms with Crippen molar-refractivity contribution < 1.29 is 19.4 Å². The van der Waals surface area contributed by atoms with Gasteiger partial charge in [-0.05, 0) is 53.6 Å². The topological polar surface area (TPSA) is 92.9 Å². The Kier molecular flexibility index (Phi) is 6.48. The lowest BCUT2D eigenvalue weighted by molar-refractivity contribution is -0.137. The lowest BCUT2D eigenvalue weighted by atomic mass is 10.0. The summed E-state index contributed by atoms with van der Waals surface area (Å²) in [7, 11) is 1.58. The van der Waals surface area contributed by atoms with Gasteiger partial charge in [-0.2, -0.15) is 0 Å². The largest absolute Gasteiger partial charge is 0.498 e. The number of carboxylic acid groups (broad SMARTS) is 1. The smallest absolute Gasteiger partial charge is 0.303 e. The zero-order valence-electron chi connectivity index (χ0n) is 16.8. The molecule has 7 heteroatoms. The summed E-state index contributed by atoms with van der Waals surface area (Å²) in [5.41, 5.74) is 11.6. The molecule has 30 heavy (non-hydrogen) atoms. The highest BCUT2D eigenvalue weighted by molar-refractivity contribution is 6.29. The highest BCUT2D eigenvalue weighted by Crippen LogP contribution is 2.36. The van der Waals surface area contributed by atoms with Gasteiger partial charge in [0.15, 0.2) is 0 Å². The van der Waals surface area contributed by atoms with Gasteiger partial charge < -0.3 is 20.5 Å². The Hall–Kier alpha value is -2.83. The summed E-state index contributed by atoms with van der Waals surface area (Å²) in [6.45, 7) is 0.385. The summed E-state index contributed by atoms with van der Waals surface area (Å²) >= 11 is 0. The molecule has 2 aromatic rings. The van der Waals surface area contributed by atoms with Gasteiger partial charge in [-0.25, -0.2) is 0 Å². The maximum Gasteiger partial charge on any atom is 0.303 e. The highest BCUT2D eigenvalue weighted by atomic mass is 35.5. The number of carbonyl (C=O) groups is 2. The fourth-order valence-corrected chi connectivity index (χ4v) is 4.10. The molecule has 0 fully saturated rings. The number of rotatable bonds is 6. The Balaban J connectivity index is 0.00000256. The number of aliphatic carboxylic acids is 1. The van der Waals surface area contributed by atoms with Gasteiger partial charge in [0.25, 0.3) is 5.91 Å². The third kappa shape index (κ3) is 4.06. The second-order valence-corrected chi connectivity index (χ2v) is 7.51. The van der Waals surface area contributed by atoms with Crippen molar-refractivity contribution in [3.8, 4) is 0 Å². The summed E-state index contributed by atoms with van der Waals surface area (Å²) in [6.07, 6.45) is 2.42. The molecule has 1 atom stereocenters. The normalized spacial score (nSPS) is 17.7. The van der Waals surface area contributed by atoms with Gasteiger partial charge in [-0.1, -0.05) is 30.3 Å². The first-order chi connectivity index (χ1) is 14.0. The zero-order valence-corrected chi connectivity index (χ0v) is 17.6. The van der Waals surface area contributed by atoms with Crippen molar-refractivity contribution >= 4 is 35.5 Å². The number of carbonyl (C=O) groups excluding carboxylic acids is 1. The number of halogens is 1. The van der Waals surface area contributed by atoms with Crippen LogP contribution in [0, 0.1) is 0 Å². The molecule has 0 bridgehead atoms. The standard InChI is InChI=1S/C23H24N2O4.ClH/c1-29-20-13-25(17-8-9-18-16(12-17)7-10-19(18)24)23(28)22(20)15-5-2-14(3-6-15)4-11-21(26)27;/h2-3,5-6,8-9,12,19H,4,7,10-11,13,24H2,1H3,(H,26,27);1H. The average molecular weight is 429 g/mol. The molecule has 158 valence electrons. The molecule has 1 unspecified atom stereocenters. The van der Waals surface area contributed by atoms with Crippen LogP contribution in [0.3, 0.4) is 0 Å². The van der Waals surface area contributed by atoms with Crippen LogP contribution in [0.2, 0.25) is 0 Å². The predicted molar refractivity (Wildman–Crippen MR) is 118 cm³/mol. The molecule has 0 aromatic heterocycles. The average Bonchev–Trinajstić information content (AvgIpc) is 3.26. The van der Waals surface area contributed by atoms with Gasteiger partial charge in [0.05, 0.1) is 19.2 Å². The Morgan fingerprint density at radius 2 is 1.97 bits per heavy atom. The minimum Gasteiger partial charge on any atom is -0.498 e. The predicted octanol–water partition coefficient (Wildman–Crippen LogP) is 3.48. The minimum atomic E-state index is -0.824. The van der Waals surface area contributed by atoms with Crippen LogP contribution in [0.25, 0.3) is 5.57 Å². The molecule has 2 aromatic carbocycles. The molecule has 1 aliphatic carbocycles. The summed E-state index contributed by atoms with van der Waals surface area (Å²) in [4.78, 5) is 25.7. The first-order valence-corrected chi connectivity index (χ1v) is 9.76. The number of nitrogens with two attached hydrogens (primary N) is 1. The van der Waals surface area contributed by atoms with Crippen molar-refractivity contribution in [2.45, 2.75) is 31.7 Å². The molecule has 1 aliphatic heterocycles. The van der Waals surface area contributed by atoms with Gasteiger partial charge in [0.1, 0.15) is 5.76 Å². The number of carboxylic acids is 1. The molecular formula is C23H25ClN2O4. The number of hydrogen-bond donors (Lipinski definition) is 2. The summed E-state index contributed by atoms with van der Waals surface area (Å²) in [5, 5.41) is 8.83. The lowest BCUT2D eigenvalue weighted by Gasteiger charge is -2.18. The number of benzene rings is 2. The molecule has 0 spiro atoms. The van der Waals surface area contributed by atoms with E-state index in [-0.39, 0.29) is 30.8 Å². The minimum absolute atomic E-state index is 0. The van der Waals surface area contributed by atoms with E-state index in [1.807, 2.05) is 36.4 Å². The van der Waals surface area contributed by atoms with Crippen molar-refractivity contribution in [3.63, 3.8) is 0 Å². The van der Waals surface area contributed by atoms with Crippen molar-refractivity contribution in [3.05, 3.63) is 70.5 Å². The molecule has 0 saturated carbocycles. The number of methoxy groups -OCH3 is 1. The van der Waals surface area contributed by atoms with E-state index in [0.717, 1.165) is 35.2 Å². The first-order valence-electron chi connectivity index (χ1n) is 9.76. The van der Waals surface area contributed by atoms with E-state index >= 15 is 0 Å². The van der Waals surface area contributed by atoms with E-state index < -0.39 is 5.97 Å². The summed E-state index contributed by atoms with van der Waals surface area (Å²) in [5.74, 6) is -0.289. The quantitative estimate of drug-likeness (QED) is 0.734. The van der Waals surface area contributed by atoms with Crippen LogP contribution >= 0.6 is 12.4 Å². The Labute approximate surface area is 181 Å². The van der Waals surface area contributed by atoms with Gasteiger partial charge >= 0.3 is 5.97 Å². The number of amides is 1. The Morgan fingerprint density at radius 3 is 2.63 bits per heavy atom. The second-order valence-electron chi connectivity index (χ2n) is 7.51. The number of anilines is 1. The van der Waals surface area contributed by atoms with Crippen LogP contribution in [0.15, 0.2) is 48.2 Å². The maximum absolute atomic E-state index is 13.2. The van der Waals surface area contributed by atoms with Crippen LogP contribution in [0.5, 0.6) is 0 Å². The highest BCUT2D eigenvalue weighted by Gasteiger charge is 2.34. The number of fused-ring (bicyclic) bond motifs is 1. The van der Waals surface area contributed by atoms with Gasteiger partial charge in [0, 0.05) is 18.2 Å². The Morgan fingerprint density at radius 1 is 1.23 bits per heavy atom. The van der Waals surface area contributed by atoms with E-state index in [1.54, 1.807) is 12.0 Å². The number of nitrogens with zero attached hydrogens (tertiary/aromatic N) is 1. The lowest BCUT2D eigenvalue weighted by Crippen LogP contribution is -2.26. The molecule has 0 saturated heterocycles. The molecule has 1 heterocycles. The third-order valence-corrected chi connectivity index (χ3v) is 5.72. The van der Waals surface area contributed by atoms with Crippen LogP contribution in [-0.2, 0) is 27.2 Å². The molecule has 0 radical (unpaired) electrons. The van der Waals surface area contributed by atoms with Crippen molar-refractivity contribution in [2.75, 3.05) is 18.6 Å². The van der Waals surface area contributed by atoms with Crippen LogP contribution < -0.4 is 10.6 Å². The van der Waals surface area contributed by atoms with Crippen LogP contribution in [-0.4, -0.2) is 30.6 Å². The summed E-state index contributed by atoms with van der Waals surface area (Å²) in [6, 6.07) is 13.6. The second kappa shape index (κ2) is 8.90. The van der Waals surface area contributed by atoms with Crippen LogP contribution in [0.4, 0.5) is 5.69 Å². The first kappa shape index (κ1) is 21.9. The number of hydrogen-bond acceptors (Lipinski definition) is 4. The fourth-order valence-electron chi connectivity index (χ4n) is 4.10. The van der Waals surface area contributed by atoms with Crippen molar-refractivity contribution in [2.24, 2.45) is 5.73 Å². The molecular weight excluding hydrogens is 404 g/mol. The molecule has 1 amide bonds. The molecule has 3 N–H and O–H groups in total. The van der Waals surface area contributed by atoms with E-state index in [9.17, 15) is 9.59 Å². The summed E-state index contributed by atoms with van der Waals surface area (Å²) < 4.78 is 5.54. The van der Waals surface area contributed by atoms with Gasteiger partial charge in [-0.3, -0.25) is 9.59 Å². The zero-order chi connectivity index (χ0) is 20.5. The van der Waals surface area contributed by atoms with E-state index in [2.05, 4.69) is 6.07 Å². The molecule has 2 aliphatic rings. The maximum atomic E-state index is 13.2. The van der Waals surface area contributed by atoms with E-state index in [1.165, 1.54) is 5.56 Å². The number of aryl methyl sites for hydroxylation is 2. The SMILES string of the molecule is COC1=C(c2ccc(CCC(=O)O)cc2)C(=O)N(c2ccc3c(c2)CCC3N)C1.Cl. The van der Waals surface area contributed by atoms with E-state index in [0.29, 0.717) is 24.3 Å². The third-order valence-electron chi connectivity index (χ3n) is 5.72. The fraction of sp³-hybridized carbons (Fsp3) is 0.304.